The van der Waals surface area contributed by atoms with Gasteiger partial charge in [-0.3, -0.25) is 0 Å². The van der Waals surface area contributed by atoms with Crippen molar-refractivity contribution in [1.29, 1.82) is 0 Å². The molecule has 0 saturated heterocycles. The normalized spacial score (nSPS) is 12.6. The minimum Gasteiger partial charge on any atom is -0.309 e. The Morgan fingerprint density at radius 2 is 2.32 bits per heavy atom. The first-order valence-corrected chi connectivity index (χ1v) is 7.72. The van der Waals surface area contributed by atoms with Crippen LogP contribution in [-0.2, 0) is 6.42 Å². The molecule has 0 fully saturated rings. The molecule has 1 heterocycles. The second-order valence-corrected chi connectivity index (χ2v) is 5.94. The third-order valence-electron chi connectivity index (χ3n) is 2.80. The third kappa shape index (κ3) is 4.06. The lowest BCUT2D eigenvalue weighted by atomic mass is 10.0. The third-order valence-corrected chi connectivity index (χ3v) is 4.32. The van der Waals surface area contributed by atoms with Crippen molar-refractivity contribution in [2.24, 2.45) is 0 Å². The second-order valence-electron chi connectivity index (χ2n) is 4.27. The zero-order chi connectivity index (χ0) is 13.7. The van der Waals surface area contributed by atoms with Crippen LogP contribution < -0.4 is 5.32 Å². The molecule has 19 heavy (non-hydrogen) atoms. The molecule has 0 spiro atoms. The fourth-order valence-electron chi connectivity index (χ4n) is 1.83. The summed E-state index contributed by atoms with van der Waals surface area (Å²) in [6.45, 7) is 3.06. The monoisotopic (exact) mass is 343 g/mol. The molecule has 3 nitrogen and oxygen atoms in total. The van der Waals surface area contributed by atoms with Gasteiger partial charge in [0.15, 0.2) is 0 Å². The minimum absolute atomic E-state index is 0.168. The highest BCUT2D eigenvalue weighted by atomic mass is 79.9. The second kappa shape index (κ2) is 7.07. The van der Waals surface area contributed by atoms with Gasteiger partial charge in [-0.1, -0.05) is 33.4 Å². The molecule has 0 aliphatic heterocycles. The SMILES string of the molecule is CCCNC(Cc1ccc(F)cc1Br)c1cnns1. The molecular weight excluding hydrogens is 329 g/mol. The van der Waals surface area contributed by atoms with E-state index in [1.54, 1.807) is 6.20 Å². The van der Waals surface area contributed by atoms with Crippen LogP contribution in [0, 0.1) is 5.82 Å². The summed E-state index contributed by atoms with van der Waals surface area (Å²) in [6, 6.07) is 4.97. The number of nitrogens with one attached hydrogen (secondary N) is 1. The van der Waals surface area contributed by atoms with E-state index in [1.807, 2.05) is 6.07 Å². The van der Waals surface area contributed by atoms with Crippen molar-refractivity contribution < 1.29 is 4.39 Å². The molecular formula is C13H15BrFN3S. The van der Waals surface area contributed by atoms with E-state index in [1.165, 1.54) is 23.7 Å². The standard InChI is InChI=1S/C13H15BrFN3S/c1-2-5-16-12(13-8-17-18-19-13)6-9-3-4-10(15)7-11(9)14/h3-4,7-8,12,16H,2,5-6H2,1H3. The van der Waals surface area contributed by atoms with Gasteiger partial charge in [0.1, 0.15) is 5.82 Å². The Labute approximate surface area is 124 Å². The quantitative estimate of drug-likeness (QED) is 0.868. The molecule has 1 aromatic heterocycles. The molecule has 1 N–H and O–H groups in total. The Morgan fingerprint density at radius 3 is 2.95 bits per heavy atom. The lowest BCUT2D eigenvalue weighted by Gasteiger charge is -2.17. The first-order chi connectivity index (χ1) is 9.20. The van der Waals surface area contributed by atoms with Crippen molar-refractivity contribution in [2.75, 3.05) is 6.54 Å². The van der Waals surface area contributed by atoms with Gasteiger partial charge in [0.2, 0.25) is 0 Å². The van der Waals surface area contributed by atoms with Crippen molar-refractivity contribution in [3.05, 3.63) is 45.1 Å². The van der Waals surface area contributed by atoms with E-state index in [9.17, 15) is 4.39 Å². The van der Waals surface area contributed by atoms with Crippen LogP contribution >= 0.6 is 27.5 Å². The zero-order valence-electron chi connectivity index (χ0n) is 10.6. The highest BCUT2D eigenvalue weighted by Crippen LogP contribution is 2.25. The highest BCUT2D eigenvalue weighted by molar-refractivity contribution is 9.10. The predicted molar refractivity (Wildman–Crippen MR) is 78.7 cm³/mol. The molecule has 1 unspecified atom stereocenters. The summed E-state index contributed by atoms with van der Waals surface area (Å²) < 4.78 is 17.8. The van der Waals surface area contributed by atoms with E-state index < -0.39 is 0 Å². The summed E-state index contributed by atoms with van der Waals surface area (Å²) in [7, 11) is 0. The molecule has 0 saturated carbocycles. The molecule has 0 radical (unpaired) electrons. The van der Waals surface area contributed by atoms with Gasteiger partial charge in [-0.2, -0.15) is 0 Å². The molecule has 6 heteroatoms. The van der Waals surface area contributed by atoms with Gasteiger partial charge < -0.3 is 5.32 Å². The minimum atomic E-state index is -0.229. The Morgan fingerprint density at radius 1 is 1.47 bits per heavy atom. The Balaban J connectivity index is 2.15. The average Bonchev–Trinajstić information content (AvgIpc) is 2.90. The van der Waals surface area contributed by atoms with E-state index in [4.69, 9.17) is 0 Å². The number of rotatable bonds is 6. The zero-order valence-corrected chi connectivity index (χ0v) is 13.0. The molecule has 2 aromatic rings. The van der Waals surface area contributed by atoms with Gasteiger partial charge in [-0.15, -0.1) is 5.10 Å². The Kier molecular flexibility index (Phi) is 5.42. The maximum atomic E-state index is 13.1. The predicted octanol–water partition coefficient (Wildman–Crippen LogP) is 3.72. The first-order valence-electron chi connectivity index (χ1n) is 6.15. The largest absolute Gasteiger partial charge is 0.309 e. The summed E-state index contributed by atoms with van der Waals surface area (Å²) >= 11 is 4.81. The van der Waals surface area contributed by atoms with Gasteiger partial charge in [0.25, 0.3) is 0 Å². The smallest absolute Gasteiger partial charge is 0.124 e. The van der Waals surface area contributed by atoms with Crippen molar-refractivity contribution in [2.45, 2.75) is 25.8 Å². The van der Waals surface area contributed by atoms with Gasteiger partial charge in [0, 0.05) is 10.5 Å². The highest BCUT2D eigenvalue weighted by Gasteiger charge is 2.15. The van der Waals surface area contributed by atoms with Crippen LogP contribution in [0.25, 0.3) is 0 Å². The van der Waals surface area contributed by atoms with Crippen LogP contribution in [-0.4, -0.2) is 16.1 Å². The molecule has 2 rings (SSSR count). The summed E-state index contributed by atoms with van der Waals surface area (Å²) in [6.07, 6.45) is 3.63. The average molecular weight is 344 g/mol. The van der Waals surface area contributed by atoms with Crippen LogP contribution in [0.1, 0.15) is 29.8 Å². The number of aromatic nitrogens is 2. The molecule has 0 amide bonds. The molecule has 0 aliphatic carbocycles. The van der Waals surface area contributed by atoms with Crippen LogP contribution in [0.5, 0.6) is 0 Å². The lowest BCUT2D eigenvalue weighted by Crippen LogP contribution is -2.23. The van der Waals surface area contributed by atoms with Gasteiger partial charge in [0.05, 0.1) is 11.1 Å². The molecule has 102 valence electrons. The summed E-state index contributed by atoms with van der Waals surface area (Å²) in [5, 5.41) is 7.36. The van der Waals surface area contributed by atoms with Crippen molar-refractivity contribution in [1.82, 2.24) is 14.9 Å². The number of nitrogens with zero attached hydrogens (tertiary/aromatic N) is 2. The molecule has 0 aliphatic rings. The fraction of sp³-hybridized carbons (Fsp3) is 0.385. The van der Waals surface area contributed by atoms with E-state index in [0.29, 0.717) is 0 Å². The van der Waals surface area contributed by atoms with Gasteiger partial charge >= 0.3 is 0 Å². The fourth-order valence-corrected chi connectivity index (χ4v) is 2.92. The van der Waals surface area contributed by atoms with Crippen LogP contribution in [0.15, 0.2) is 28.9 Å². The van der Waals surface area contributed by atoms with E-state index in [-0.39, 0.29) is 11.9 Å². The van der Waals surface area contributed by atoms with E-state index >= 15 is 0 Å². The first kappa shape index (κ1) is 14.6. The summed E-state index contributed by atoms with van der Waals surface area (Å²) in [4.78, 5) is 1.10. The Bertz CT molecular complexity index is 519. The topological polar surface area (TPSA) is 37.8 Å². The van der Waals surface area contributed by atoms with Gasteiger partial charge in [-0.05, 0) is 48.6 Å². The van der Waals surface area contributed by atoms with Crippen LogP contribution in [0.3, 0.4) is 0 Å². The Hall–Kier alpha value is -0.850. The number of hydrogen-bond donors (Lipinski definition) is 1. The number of hydrogen-bond acceptors (Lipinski definition) is 4. The lowest BCUT2D eigenvalue weighted by molar-refractivity contribution is 0.534. The van der Waals surface area contributed by atoms with Crippen LogP contribution in [0.4, 0.5) is 4.39 Å². The van der Waals surface area contributed by atoms with Crippen LogP contribution in [0.2, 0.25) is 0 Å². The molecule has 1 atom stereocenters. The number of halogens is 2. The van der Waals surface area contributed by atoms with Crippen molar-refractivity contribution >= 4 is 27.5 Å². The molecule has 1 aromatic carbocycles. The summed E-state index contributed by atoms with van der Waals surface area (Å²) in [5.41, 5.74) is 1.07. The summed E-state index contributed by atoms with van der Waals surface area (Å²) in [5.74, 6) is -0.229. The van der Waals surface area contributed by atoms with E-state index in [2.05, 4.69) is 37.8 Å². The maximum Gasteiger partial charge on any atom is 0.124 e. The maximum absolute atomic E-state index is 13.1. The van der Waals surface area contributed by atoms with Crippen molar-refractivity contribution in [3.63, 3.8) is 0 Å². The van der Waals surface area contributed by atoms with Gasteiger partial charge in [-0.25, -0.2) is 4.39 Å². The van der Waals surface area contributed by atoms with Crippen molar-refractivity contribution in [3.8, 4) is 0 Å². The molecule has 0 bridgehead atoms. The number of benzene rings is 1. The van der Waals surface area contributed by atoms with E-state index in [0.717, 1.165) is 34.3 Å².